The minimum atomic E-state index is -0.401. The molecular formula is C64H62N4O. The molecule has 3 aromatic heterocycles. The molecule has 0 aliphatic rings. The third-order valence-electron chi connectivity index (χ3n) is 14.1. The van der Waals surface area contributed by atoms with Crippen molar-refractivity contribution in [1.29, 1.82) is 0 Å². The first-order chi connectivity index (χ1) is 33.0. The fraction of sp³-hybridized carbons (Fsp3) is 0.219. The van der Waals surface area contributed by atoms with Crippen molar-refractivity contribution in [3.8, 4) is 39.8 Å². The molecule has 0 amide bonds. The van der Waals surface area contributed by atoms with Gasteiger partial charge in [-0.05, 0) is 104 Å². The standard InChI is InChI=1S/C64H62N4O/c1-61(2,3)48-29-22-30-50(37-48)66-42-58(64(9,10)47-27-18-13-19-28-47)67(43-66)51-35-45(44-23-14-11-15-24-44)36-52(39-51)69-53-40-55(63(7,8)46-25-16-12-17-26-46)60-54-31-20-21-32-56(54)68(57(60)41-53)59-38-49(33-34-65-59)62(4,5)6/h11-42H,1-10H3. The van der Waals surface area contributed by atoms with Gasteiger partial charge in [-0.1, -0.05) is 191 Å². The molecule has 0 aliphatic heterocycles. The summed E-state index contributed by atoms with van der Waals surface area (Å²) in [6.45, 7) is 22.8. The SMILES string of the molecule is CC(C)(C)c1cccc(-[n+]2[c-]n(-c3cc(Oc4cc(C(C)(C)c5ccccc5)c5c6ccccc6n(-c6cc(C(C)(C)C)ccn6)c5c4)cc(-c4ccccc4)c3)c(C(C)(C)c3ccccc3)c2)c1. The van der Waals surface area contributed by atoms with Crippen LogP contribution in [0.1, 0.15) is 103 Å². The Hall–Kier alpha value is -7.50. The van der Waals surface area contributed by atoms with Crippen molar-refractivity contribution in [2.45, 2.75) is 90.9 Å². The number of rotatable bonds is 10. The molecule has 3 heterocycles. The zero-order valence-electron chi connectivity index (χ0n) is 41.7. The van der Waals surface area contributed by atoms with Gasteiger partial charge in [0.25, 0.3) is 6.33 Å². The van der Waals surface area contributed by atoms with Crippen molar-refractivity contribution in [2.24, 2.45) is 0 Å². The summed E-state index contributed by atoms with van der Waals surface area (Å²) >= 11 is 0. The number of para-hydroxylation sites is 1. The number of fused-ring (bicyclic) bond motifs is 3. The highest BCUT2D eigenvalue weighted by Gasteiger charge is 2.31. The zero-order valence-corrected chi connectivity index (χ0v) is 41.7. The lowest BCUT2D eigenvalue weighted by Crippen LogP contribution is -2.29. The Balaban J connectivity index is 1.21. The largest absolute Gasteiger partial charge is 0.458 e. The number of nitrogens with zero attached hydrogens (tertiary/aromatic N) is 4. The second-order valence-corrected chi connectivity index (χ2v) is 21.7. The fourth-order valence-corrected chi connectivity index (χ4v) is 9.86. The van der Waals surface area contributed by atoms with E-state index in [-0.39, 0.29) is 10.8 Å². The van der Waals surface area contributed by atoms with Crippen molar-refractivity contribution in [1.82, 2.24) is 14.1 Å². The van der Waals surface area contributed by atoms with Crippen LogP contribution in [0.4, 0.5) is 0 Å². The van der Waals surface area contributed by atoms with E-state index in [9.17, 15) is 0 Å². The third kappa shape index (κ3) is 8.56. The summed E-state index contributed by atoms with van der Waals surface area (Å²) in [5.74, 6) is 2.33. The monoisotopic (exact) mass is 902 g/mol. The molecule has 0 saturated heterocycles. The van der Waals surface area contributed by atoms with E-state index in [4.69, 9.17) is 9.72 Å². The molecule has 10 aromatic rings. The smallest absolute Gasteiger partial charge is 0.269 e. The molecule has 0 atom stereocenters. The van der Waals surface area contributed by atoms with Crippen LogP contribution in [0, 0.1) is 6.33 Å². The number of ether oxygens (including phenoxy) is 1. The average Bonchev–Trinajstić information content (AvgIpc) is 3.95. The number of imidazole rings is 1. The number of benzene rings is 7. The van der Waals surface area contributed by atoms with Crippen LogP contribution in [-0.2, 0) is 21.7 Å². The Bertz CT molecular complexity index is 3470. The molecule has 0 radical (unpaired) electrons. The molecule has 69 heavy (non-hydrogen) atoms. The van der Waals surface area contributed by atoms with Crippen LogP contribution in [0.5, 0.6) is 11.5 Å². The number of aromatic nitrogens is 4. The number of hydrogen-bond donors (Lipinski definition) is 0. The molecule has 0 aliphatic carbocycles. The Morgan fingerprint density at radius 3 is 1.77 bits per heavy atom. The van der Waals surface area contributed by atoms with E-state index in [1.165, 1.54) is 38.6 Å². The second kappa shape index (κ2) is 17.2. The van der Waals surface area contributed by atoms with E-state index < -0.39 is 10.8 Å². The zero-order chi connectivity index (χ0) is 48.3. The van der Waals surface area contributed by atoms with Crippen molar-refractivity contribution < 1.29 is 9.30 Å². The second-order valence-electron chi connectivity index (χ2n) is 21.7. The van der Waals surface area contributed by atoms with E-state index >= 15 is 0 Å². The molecule has 5 nitrogen and oxygen atoms in total. The van der Waals surface area contributed by atoms with Gasteiger partial charge in [0.2, 0.25) is 0 Å². The predicted molar refractivity (Wildman–Crippen MR) is 285 cm³/mol. The van der Waals surface area contributed by atoms with Crippen LogP contribution in [0.25, 0.3) is 50.1 Å². The number of hydrogen-bond acceptors (Lipinski definition) is 2. The topological polar surface area (TPSA) is 35.9 Å². The van der Waals surface area contributed by atoms with E-state index in [1.807, 2.05) is 6.20 Å². The maximum absolute atomic E-state index is 7.33. The van der Waals surface area contributed by atoms with Gasteiger partial charge in [0, 0.05) is 40.1 Å². The van der Waals surface area contributed by atoms with E-state index in [2.05, 4.69) is 277 Å². The average molecular weight is 903 g/mol. The molecule has 0 spiro atoms. The van der Waals surface area contributed by atoms with Gasteiger partial charge in [-0.3, -0.25) is 13.7 Å². The maximum atomic E-state index is 7.33. The van der Waals surface area contributed by atoms with Crippen LogP contribution in [-0.4, -0.2) is 14.1 Å². The molecule has 344 valence electrons. The van der Waals surface area contributed by atoms with Gasteiger partial charge in [0.05, 0.1) is 28.1 Å². The minimum Gasteiger partial charge on any atom is -0.458 e. The first-order valence-corrected chi connectivity index (χ1v) is 24.2. The van der Waals surface area contributed by atoms with Crippen LogP contribution in [0.3, 0.4) is 0 Å². The lowest BCUT2D eigenvalue weighted by atomic mass is 9.76. The minimum absolute atomic E-state index is 0.0118. The summed E-state index contributed by atoms with van der Waals surface area (Å²) < 4.78 is 14.0. The van der Waals surface area contributed by atoms with Crippen molar-refractivity contribution >= 4 is 21.8 Å². The Morgan fingerprint density at radius 1 is 0.493 bits per heavy atom. The van der Waals surface area contributed by atoms with Crippen LogP contribution in [0.2, 0.25) is 0 Å². The fourth-order valence-electron chi connectivity index (χ4n) is 9.86. The highest BCUT2D eigenvalue weighted by molar-refractivity contribution is 6.11. The van der Waals surface area contributed by atoms with Crippen molar-refractivity contribution in [2.75, 3.05) is 0 Å². The number of pyridine rings is 1. The summed E-state index contributed by atoms with van der Waals surface area (Å²) in [4.78, 5) is 5.05. The van der Waals surface area contributed by atoms with Gasteiger partial charge in [-0.2, -0.15) is 0 Å². The highest BCUT2D eigenvalue weighted by atomic mass is 16.5. The predicted octanol–water partition coefficient (Wildman–Crippen LogP) is 15.8. The van der Waals surface area contributed by atoms with E-state index in [1.54, 1.807) is 0 Å². The van der Waals surface area contributed by atoms with Crippen LogP contribution in [0.15, 0.2) is 194 Å². The van der Waals surface area contributed by atoms with Gasteiger partial charge >= 0.3 is 0 Å². The van der Waals surface area contributed by atoms with Gasteiger partial charge in [0.1, 0.15) is 17.3 Å². The summed E-state index contributed by atoms with van der Waals surface area (Å²) in [7, 11) is 0. The summed E-state index contributed by atoms with van der Waals surface area (Å²) in [5, 5.41) is 2.36. The molecular weight excluding hydrogens is 841 g/mol. The summed E-state index contributed by atoms with van der Waals surface area (Å²) in [6, 6.07) is 65.2. The van der Waals surface area contributed by atoms with Gasteiger partial charge in [-0.25, -0.2) is 4.98 Å². The summed E-state index contributed by atoms with van der Waals surface area (Å²) in [5.41, 5.74) is 12.6. The molecule has 5 heteroatoms. The van der Waals surface area contributed by atoms with Crippen molar-refractivity contribution in [3.05, 3.63) is 234 Å². The van der Waals surface area contributed by atoms with Gasteiger partial charge < -0.3 is 4.74 Å². The van der Waals surface area contributed by atoms with Gasteiger partial charge in [-0.15, -0.1) is 0 Å². The molecule has 0 saturated carbocycles. The molecule has 0 bridgehead atoms. The lowest BCUT2D eigenvalue weighted by Gasteiger charge is -2.28. The van der Waals surface area contributed by atoms with Crippen molar-refractivity contribution in [3.63, 3.8) is 0 Å². The Kier molecular flexibility index (Phi) is 11.3. The maximum Gasteiger partial charge on any atom is 0.269 e. The molecule has 0 N–H and O–H groups in total. The van der Waals surface area contributed by atoms with E-state index in [0.29, 0.717) is 0 Å². The Morgan fingerprint density at radius 2 is 1.09 bits per heavy atom. The van der Waals surface area contributed by atoms with Crippen LogP contribution < -0.4 is 9.30 Å². The summed E-state index contributed by atoms with van der Waals surface area (Å²) in [6.07, 6.45) is 8.02. The first kappa shape index (κ1) is 45.3. The van der Waals surface area contributed by atoms with E-state index in [0.717, 1.165) is 56.5 Å². The molecule has 0 unspecified atom stereocenters. The Labute approximate surface area is 408 Å². The lowest BCUT2D eigenvalue weighted by molar-refractivity contribution is -0.599. The quantitative estimate of drug-likeness (QED) is 0.101. The third-order valence-corrected chi connectivity index (χ3v) is 14.1. The molecule has 0 fully saturated rings. The first-order valence-electron chi connectivity index (χ1n) is 24.2. The molecule has 10 rings (SSSR count). The van der Waals surface area contributed by atoms with Gasteiger partial charge in [0.15, 0.2) is 0 Å². The normalized spacial score (nSPS) is 12.5. The molecule has 7 aromatic carbocycles. The van der Waals surface area contributed by atoms with Crippen LogP contribution >= 0.6 is 0 Å². The highest BCUT2D eigenvalue weighted by Crippen LogP contribution is 2.45.